The highest BCUT2D eigenvalue weighted by molar-refractivity contribution is 14.1. The lowest BCUT2D eigenvalue weighted by atomic mass is 10.2. The van der Waals surface area contributed by atoms with Gasteiger partial charge in [-0.25, -0.2) is 4.79 Å². The number of anilines is 1. The van der Waals surface area contributed by atoms with E-state index in [0.29, 0.717) is 5.69 Å². The van der Waals surface area contributed by atoms with Crippen LogP contribution in [0, 0.1) is 7.14 Å². The predicted octanol–water partition coefficient (Wildman–Crippen LogP) is 2.18. The molecule has 0 unspecified atom stereocenters. The van der Waals surface area contributed by atoms with Crippen molar-refractivity contribution in [1.82, 2.24) is 0 Å². The molecule has 3 N–H and O–H groups in total. The number of hydrogen-bond acceptors (Lipinski definition) is 2. The first-order chi connectivity index (χ1) is 5.54. The van der Waals surface area contributed by atoms with Gasteiger partial charge in [0.2, 0.25) is 0 Å². The van der Waals surface area contributed by atoms with Crippen molar-refractivity contribution in [2.75, 3.05) is 5.73 Å². The molecule has 0 bridgehead atoms. The van der Waals surface area contributed by atoms with Crippen LogP contribution in [0.4, 0.5) is 5.69 Å². The van der Waals surface area contributed by atoms with Gasteiger partial charge in [-0.1, -0.05) is 0 Å². The number of carbonyl (C=O) groups is 1. The molecule has 0 fully saturated rings. The lowest BCUT2D eigenvalue weighted by molar-refractivity contribution is 0.0698. The van der Waals surface area contributed by atoms with Crippen molar-refractivity contribution in [3.63, 3.8) is 0 Å². The lowest BCUT2D eigenvalue weighted by Crippen LogP contribution is -2.04. The second-order valence-corrected chi connectivity index (χ2v) is 4.37. The predicted molar refractivity (Wildman–Crippen MR) is 63.2 cm³/mol. The summed E-state index contributed by atoms with van der Waals surface area (Å²) >= 11 is 4.14. The Morgan fingerprint density at radius 1 is 1.42 bits per heavy atom. The van der Waals surface area contributed by atoms with Crippen LogP contribution >= 0.6 is 45.2 Å². The fraction of sp³-hybridized carbons (Fsp3) is 0. The molecular weight excluding hydrogens is 384 g/mol. The van der Waals surface area contributed by atoms with Crippen molar-refractivity contribution in [3.05, 3.63) is 24.8 Å². The third-order valence-electron chi connectivity index (χ3n) is 1.36. The highest BCUT2D eigenvalue weighted by Gasteiger charge is 2.11. The van der Waals surface area contributed by atoms with Crippen molar-refractivity contribution in [3.8, 4) is 0 Å². The van der Waals surface area contributed by atoms with E-state index in [-0.39, 0.29) is 5.56 Å². The number of hydrogen-bond donors (Lipinski definition) is 2. The van der Waals surface area contributed by atoms with E-state index in [1.807, 2.05) is 22.6 Å². The molecule has 1 aromatic rings. The van der Waals surface area contributed by atoms with Gasteiger partial charge >= 0.3 is 5.97 Å². The molecule has 0 saturated carbocycles. The quantitative estimate of drug-likeness (QED) is 0.572. The SMILES string of the molecule is Nc1c(C(=O)O)ccc(I)c1I. The van der Waals surface area contributed by atoms with E-state index in [9.17, 15) is 4.79 Å². The van der Waals surface area contributed by atoms with Crippen molar-refractivity contribution in [2.45, 2.75) is 0 Å². The number of carboxylic acids is 1. The van der Waals surface area contributed by atoms with E-state index in [1.165, 1.54) is 6.07 Å². The summed E-state index contributed by atoms with van der Waals surface area (Å²) in [7, 11) is 0. The molecule has 0 amide bonds. The number of rotatable bonds is 1. The number of nitrogens with two attached hydrogens (primary N) is 1. The van der Waals surface area contributed by atoms with Crippen LogP contribution in [0.1, 0.15) is 10.4 Å². The molecule has 0 aliphatic carbocycles. The first-order valence-corrected chi connectivity index (χ1v) is 5.16. The first kappa shape index (κ1) is 10.0. The molecule has 1 aromatic carbocycles. The third kappa shape index (κ3) is 1.82. The van der Waals surface area contributed by atoms with Crippen LogP contribution in [0.3, 0.4) is 0 Å². The van der Waals surface area contributed by atoms with Crippen LogP contribution in [0.5, 0.6) is 0 Å². The van der Waals surface area contributed by atoms with Crippen LogP contribution in [-0.2, 0) is 0 Å². The highest BCUT2D eigenvalue weighted by Crippen LogP contribution is 2.24. The molecule has 0 aromatic heterocycles. The minimum atomic E-state index is -0.984. The maximum atomic E-state index is 10.6. The van der Waals surface area contributed by atoms with Crippen LogP contribution in [0.15, 0.2) is 12.1 Å². The van der Waals surface area contributed by atoms with Gasteiger partial charge in [-0.3, -0.25) is 0 Å². The molecule has 0 spiro atoms. The van der Waals surface area contributed by atoms with Gasteiger partial charge in [0.05, 0.1) is 14.8 Å². The molecular formula is C7H5I2NO2. The largest absolute Gasteiger partial charge is 0.478 e. The molecule has 5 heteroatoms. The van der Waals surface area contributed by atoms with Crippen molar-refractivity contribution < 1.29 is 9.90 Å². The van der Waals surface area contributed by atoms with E-state index in [2.05, 4.69) is 22.6 Å². The molecule has 0 heterocycles. The highest BCUT2D eigenvalue weighted by atomic mass is 127. The Labute approximate surface area is 96.6 Å². The van der Waals surface area contributed by atoms with Gasteiger partial charge < -0.3 is 10.8 Å². The van der Waals surface area contributed by atoms with Crippen LogP contribution in [0.2, 0.25) is 0 Å². The van der Waals surface area contributed by atoms with Crippen LogP contribution < -0.4 is 5.73 Å². The van der Waals surface area contributed by atoms with Crippen molar-refractivity contribution in [2.24, 2.45) is 0 Å². The standard InChI is InChI=1S/C7H5I2NO2/c8-4-2-1-3(7(11)12)6(10)5(4)9/h1-2H,10H2,(H,11,12). The molecule has 0 radical (unpaired) electrons. The summed E-state index contributed by atoms with van der Waals surface area (Å²) < 4.78 is 1.77. The molecule has 12 heavy (non-hydrogen) atoms. The topological polar surface area (TPSA) is 63.3 Å². The summed E-state index contributed by atoms with van der Waals surface area (Å²) in [4.78, 5) is 10.6. The van der Waals surface area contributed by atoms with Gasteiger partial charge in [0.1, 0.15) is 0 Å². The van der Waals surface area contributed by atoms with E-state index >= 15 is 0 Å². The zero-order valence-electron chi connectivity index (χ0n) is 5.84. The minimum absolute atomic E-state index is 0.166. The van der Waals surface area contributed by atoms with Gasteiger partial charge in [0.15, 0.2) is 0 Å². The molecule has 0 atom stereocenters. The van der Waals surface area contributed by atoms with Gasteiger partial charge in [-0.2, -0.15) is 0 Å². The average Bonchev–Trinajstić information content (AvgIpc) is 2.00. The van der Waals surface area contributed by atoms with E-state index in [1.54, 1.807) is 6.07 Å². The fourth-order valence-corrected chi connectivity index (χ4v) is 1.69. The smallest absolute Gasteiger partial charge is 0.337 e. The normalized spacial score (nSPS) is 9.83. The Balaban J connectivity index is 3.36. The summed E-state index contributed by atoms with van der Waals surface area (Å²) in [6.45, 7) is 0. The maximum Gasteiger partial charge on any atom is 0.337 e. The average molecular weight is 389 g/mol. The summed E-state index contributed by atoms with van der Waals surface area (Å²) in [6, 6.07) is 3.25. The fourth-order valence-electron chi connectivity index (χ4n) is 0.753. The minimum Gasteiger partial charge on any atom is -0.478 e. The number of aromatic carboxylic acids is 1. The summed E-state index contributed by atoms with van der Waals surface area (Å²) in [6.07, 6.45) is 0. The van der Waals surface area contributed by atoms with Crippen LogP contribution in [0.25, 0.3) is 0 Å². The molecule has 1 rings (SSSR count). The number of halogens is 2. The number of carboxylic acid groups (broad SMARTS) is 1. The van der Waals surface area contributed by atoms with Crippen molar-refractivity contribution in [1.29, 1.82) is 0 Å². The summed E-state index contributed by atoms with van der Waals surface area (Å²) in [5.41, 5.74) is 6.10. The molecule has 64 valence electrons. The Morgan fingerprint density at radius 3 is 2.50 bits per heavy atom. The van der Waals surface area contributed by atoms with Gasteiger partial charge in [-0.15, -0.1) is 0 Å². The van der Waals surface area contributed by atoms with Crippen molar-refractivity contribution >= 4 is 56.8 Å². The summed E-state index contributed by atoms with van der Waals surface area (Å²) in [5, 5.41) is 8.70. The number of benzene rings is 1. The molecule has 0 aliphatic rings. The zero-order valence-corrected chi connectivity index (χ0v) is 10.2. The van der Waals surface area contributed by atoms with E-state index in [4.69, 9.17) is 10.8 Å². The Bertz CT molecular complexity index is 338. The Kier molecular flexibility index (Phi) is 3.16. The lowest BCUT2D eigenvalue weighted by Gasteiger charge is -2.04. The third-order valence-corrected chi connectivity index (χ3v) is 4.46. The second kappa shape index (κ2) is 3.77. The first-order valence-electron chi connectivity index (χ1n) is 3.01. The van der Waals surface area contributed by atoms with Gasteiger partial charge in [0, 0.05) is 3.57 Å². The van der Waals surface area contributed by atoms with Gasteiger partial charge in [-0.05, 0) is 57.3 Å². The Hall–Kier alpha value is -0.0500. The van der Waals surface area contributed by atoms with Gasteiger partial charge in [0.25, 0.3) is 0 Å². The van der Waals surface area contributed by atoms with Crippen LogP contribution in [-0.4, -0.2) is 11.1 Å². The Morgan fingerprint density at radius 2 is 2.00 bits per heavy atom. The maximum absolute atomic E-state index is 10.6. The monoisotopic (exact) mass is 389 g/mol. The summed E-state index contributed by atoms with van der Waals surface area (Å²) in [5.74, 6) is -0.984. The molecule has 3 nitrogen and oxygen atoms in total. The zero-order chi connectivity index (χ0) is 9.30. The van der Waals surface area contributed by atoms with E-state index in [0.717, 1.165) is 7.14 Å². The second-order valence-electron chi connectivity index (χ2n) is 2.13. The molecule has 0 aliphatic heterocycles. The molecule has 0 saturated heterocycles. The number of nitrogen functional groups attached to an aromatic ring is 1. The van der Waals surface area contributed by atoms with E-state index < -0.39 is 5.97 Å².